The number of halogens is 1. The lowest BCUT2D eigenvalue weighted by atomic mass is 10.2. The van der Waals surface area contributed by atoms with Crippen LogP contribution in [0.2, 0.25) is 0 Å². The number of hydrogen-bond donors (Lipinski definition) is 0. The molecule has 1 aromatic heterocycles. The summed E-state index contributed by atoms with van der Waals surface area (Å²) < 4.78 is 7.12. The van der Waals surface area contributed by atoms with Crippen LogP contribution in [0, 0.1) is 0 Å². The third kappa shape index (κ3) is 1.69. The van der Waals surface area contributed by atoms with Crippen molar-refractivity contribution in [3.8, 4) is 0 Å². The van der Waals surface area contributed by atoms with E-state index in [1.54, 1.807) is 10.9 Å². The van der Waals surface area contributed by atoms with Gasteiger partial charge in [-0.15, -0.1) is 16.7 Å². The Morgan fingerprint density at radius 3 is 3.21 bits per heavy atom. The fourth-order valence-electron chi connectivity index (χ4n) is 1.63. The number of hydrogen-bond acceptors (Lipinski definition) is 4. The van der Waals surface area contributed by atoms with Crippen LogP contribution in [-0.4, -0.2) is 46.7 Å². The van der Waals surface area contributed by atoms with Gasteiger partial charge >= 0.3 is 0 Å². The number of alkyl halides is 1. The molecule has 2 rings (SSSR count). The molecule has 1 fully saturated rings. The second-order valence-corrected chi connectivity index (χ2v) is 3.60. The third-order valence-electron chi connectivity index (χ3n) is 2.39. The van der Waals surface area contributed by atoms with Crippen molar-refractivity contribution in [2.75, 3.05) is 30.5 Å². The molecule has 2 heterocycles. The van der Waals surface area contributed by atoms with Crippen molar-refractivity contribution in [1.29, 1.82) is 0 Å². The molecular formula is C8H13ClN4O. The largest absolute Gasteiger partial charge is 0.377 e. The summed E-state index contributed by atoms with van der Waals surface area (Å²) in [6.07, 6.45) is 1.75. The van der Waals surface area contributed by atoms with Crippen LogP contribution in [0.1, 0.15) is 0 Å². The molecule has 0 amide bonds. The van der Waals surface area contributed by atoms with Crippen molar-refractivity contribution >= 4 is 17.4 Å². The van der Waals surface area contributed by atoms with Gasteiger partial charge in [0.05, 0.1) is 25.5 Å². The van der Waals surface area contributed by atoms with E-state index in [1.165, 1.54) is 0 Å². The monoisotopic (exact) mass is 216 g/mol. The molecule has 1 aliphatic rings. The summed E-state index contributed by atoms with van der Waals surface area (Å²) in [5, 5.41) is 7.75. The molecule has 1 unspecified atom stereocenters. The van der Waals surface area contributed by atoms with Crippen molar-refractivity contribution < 1.29 is 4.74 Å². The maximum atomic E-state index is 5.87. The van der Waals surface area contributed by atoms with Crippen LogP contribution >= 0.6 is 11.6 Å². The molecule has 0 N–H and O–H groups in total. The molecule has 1 aromatic rings. The summed E-state index contributed by atoms with van der Waals surface area (Å²) in [4.78, 5) is 2.19. The van der Waals surface area contributed by atoms with E-state index in [0.717, 1.165) is 19.0 Å². The first-order valence-electron chi connectivity index (χ1n) is 4.58. The quantitative estimate of drug-likeness (QED) is 0.666. The van der Waals surface area contributed by atoms with Crippen molar-refractivity contribution in [3.05, 3.63) is 6.20 Å². The molecule has 0 aromatic carbocycles. The standard InChI is InChI=1S/C8H13ClN4O/c1-12-8(5-10-11-12)13-2-3-14-6-7(13)4-9/h5,7H,2-4,6H2,1H3. The minimum atomic E-state index is 0.225. The van der Waals surface area contributed by atoms with E-state index in [2.05, 4.69) is 15.2 Å². The van der Waals surface area contributed by atoms with Gasteiger partial charge in [0, 0.05) is 19.5 Å². The van der Waals surface area contributed by atoms with Crippen LogP contribution < -0.4 is 4.90 Å². The van der Waals surface area contributed by atoms with Crippen LogP contribution in [0.15, 0.2) is 6.20 Å². The van der Waals surface area contributed by atoms with Gasteiger partial charge in [-0.05, 0) is 0 Å². The average molecular weight is 217 g/mol. The van der Waals surface area contributed by atoms with E-state index in [4.69, 9.17) is 16.3 Å². The topological polar surface area (TPSA) is 43.2 Å². The Kier molecular flexibility index (Phi) is 2.88. The van der Waals surface area contributed by atoms with Crippen molar-refractivity contribution in [2.24, 2.45) is 7.05 Å². The Morgan fingerprint density at radius 2 is 2.57 bits per heavy atom. The molecule has 0 bridgehead atoms. The van der Waals surface area contributed by atoms with Gasteiger partial charge in [-0.2, -0.15) is 0 Å². The highest BCUT2D eigenvalue weighted by Crippen LogP contribution is 2.17. The summed E-state index contributed by atoms with van der Waals surface area (Å²) >= 11 is 5.87. The predicted octanol–water partition coefficient (Wildman–Crippen LogP) is 0.259. The number of morpholine rings is 1. The van der Waals surface area contributed by atoms with Gasteiger partial charge in [-0.3, -0.25) is 0 Å². The maximum Gasteiger partial charge on any atom is 0.147 e. The van der Waals surface area contributed by atoms with Crippen LogP contribution in [0.3, 0.4) is 0 Å². The molecule has 6 heteroatoms. The van der Waals surface area contributed by atoms with Gasteiger partial charge < -0.3 is 9.64 Å². The van der Waals surface area contributed by atoms with Crippen LogP contribution in [0.5, 0.6) is 0 Å². The Labute approximate surface area is 87.6 Å². The van der Waals surface area contributed by atoms with Crippen molar-refractivity contribution in [2.45, 2.75) is 6.04 Å². The van der Waals surface area contributed by atoms with Crippen LogP contribution in [-0.2, 0) is 11.8 Å². The molecule has 78 valence electrons. The Morgan fingerprint density at radius 1 is 1.71 bits per heavy atom. The van der Waals surface area contributed by atoms with E-state index < -0.39 is 0 Å². The van der Waals surface area contributed by atoms with E-state index in [1.807, 2.05) is 7.05 Å². The molecule has 5 nitrogen and oxygen atoms in total. The summed E-state index contributed by atoms with van der Waals surface area (Å²) in [7, 11) is 1.88. The number of anilines is 1. The van der Waals surface area contributed by atoms with E-state index in [0.29, 0.717) is 12.5 Å². The van der Waals surface area contributed by atoms with Crippen LogP contribution in [0.4, 0.5) is 5.82 Å². The first-order chi connectivity index (χ1) is 6.83. The molecule has 0 saturated carbocycles. The second-order valence-electron chi connectivity index (χ2n) is 3.29. The van der Waals surface area contributed by atoms with E-state index in [9.17, 15) is 0 Å². The predicted molar refractivity (Wildman–Crippen MR) is 53.7 cm³/mol. The van der Waals surface area contributed by atoms with Gasteiger partial charge in [-0.1, -0.05) is 5.21 Å². The number of ether oxygens (including phenoxy) is 1. The average Bonchev–Trinajstić information content (AvgIpc) is 2.64. The first-order valence-corrected chi connectivity index (χ1v) is 5.11. The highest BCUT2D eigenvalue weighted by Gasteiger charge is 2.24. The SMILES string of the molecule is Cn1nncc1N1CCOCC1CCl. The Balaban J connectivity index is 2.19. The van der Waals surface area contributed by atoms with Crippen molar-refractivity contribution in [3.63, 3.8) is 0 Å². The zero-order valence-electron chi connectivity index (χ0n) is 8.06. The summed E-state index contributed by atoms with van der Waals surface area (Å²) in [5.41, 5.74) is 0. The number of aryl methyl sites for hydroxylation is 1. The second kappa shape index (κ2) is 4.14. The normalized spacial score (nSPS) is 22.7. The lowest BCUT2D eigenvalue weighted by Gasteiger charge is -2.35. The van der Waals surface area contributed by atoms with E-state index >= 15 is 0 Å². The smallest absolute Gasteiger partial charge is 0.147 e. The number of rotatable bonds is 2. The van der Waals surface area contributed by atoms with Gasteiger partial charge in [0.15, 0.2) is 0 Å². The molecule has 1 atom stereocenters. The zero-order valence-corrected chi connectivity index (χ0v) is 8.81. The summed E-state index contributed by atoms with van der Waals surface area (Å²) in [5.74, 6) is 1.56. The van der Waals surface area contributed by atoms with Gasteiger partial charge in [0.2, 0.25) is 0 Å². The lowest BCUT2D eigenvalue weighted by molar-refractivity contribution is 0.0990. The molecule has 1 aliphatic heterocycles. The summed E-state index contributed by atoms with van der Waals surface area (Å²) in [6.45, 7) is 2.26. The maximum absolute atomic E-state index is 5.87. The Bertz CT molecular complexity index is 303. The molecule has 1 saturated heterocycles. The molecule has 0 radical (unpaired) electrons. The van der Waals surface area contributed by atoms with Crippen LogP contribution in [0.25, 0.3) is 0 Å². The lowest BCUT2D eigenvalue weighted by Crippen LogP contribution is -2.47. The first kappa shape index (κ1) is 9.73. The summed E-state index contributed by atoms with van der Waals surface area (Å²) in [6, 6.07) is 0.225. The highest BCUT2D eigenvalue weighted by molar-refractivity contribution is 6.18. The minimum absolute atomic E-state index is 0.225. The molecule has 14 heavy (non-hydrogen) atoms. The fraction of sp³-hybridized carbons (Fsp3) is 0.750. The molecular weight excluding hydrogens is 204 g/mol. The number of aromatic nitrogens is 3. The molecule has 0 spiro atoms. The van der Waals surface area contributed by atoms with Gasteiger partial charge in [0.1, 0.15) is 5.82 Å². The minimum Gasteiger partial charge on any atom is -0.377 e. The van der Waals surface area contributed by atoms with Gasteiger partial charge in [0.25, 0.3) is 0 Å². The molecule has 0 aliphatic carbocycles. The third-order valence-corrected chi connectivity index (χ3v) is 2.75. The van der Waals surface area contributed by atoms with E-state index in [-0.39, 0.29) is 6.04 Å². The van der Waals surface area contributed by atoms with Crippen molar-refractivity contribution in [1.82, 2.24) is 15.0 Å². The zero-order chi connectivity index (χ0) is 9.97. The van der Waals surface area contributed by atoms with Gasteiger partial charge in [-0.25, -0.2) is 4.68 Å². The number of nitrogens with zero attached hydrogens (tertiary/aromatic N) is 4. The highest BCUT2D eigenvalue weighted by atomic mass is 35.5. The fourth-order valence-corrected chi connectivity index (χ4v) is 1.88. The Hall–Kier alpha value is -0.810.